The van der Waals surface area contributed by atoms with E-state index in [0.717, 1.165) is 11.3 Å². The predicted octanol–water partition coefficient (Wildman–Crippen LogP) is 2.37. The van der Waals surface area contributed by atoms with Crippen LogP contribution in [-0.2, 0) is 4.79 Å². The summed E-state index contributed by atoms with van der Waals surface area (Å²) in [6.07, 6.45) is 1.65. The Morgan fingerprint density at radius 1 is 1.33 bits per heavy atom. The summed E-state index contributed by atoms with van der Waals surface area (Å²) >= 11 is 1.72. The number of carbonyl (C=O) groups is 1. The first-order valence-corrected chi connectivity index (χ1v) is 7.66. The van der Waals surface area contributed by atoms with Gasteiger partial charge in [-0.25, -0.2) is 4.98 Å². The molecule has 0 fully saturated rings. The van der Waals surface area contributed by atoms with E-state index < -0.39 is 0 Å². The zero-order valence-electron chi connectivity index (χ0n) is 11.9. The summed E-state index contributed by atoms with van der Waals surface area (Å²) < 4.78 is 0. The molecule has 1 aromatic heterocycles. The minimum absolute atomic E-state index is 0.0177. The first-order valence-electron chi connectivity index (χ1n) is 6.68. The molecule has 1 amide bonds. The van der Waals surface area contributed by atoms with Gasteiger partial charge in [-0.05, 0) is 17.7 Å². The lowest BCUT2D eigenvalue weighted by molar-refractivity contribution is -0.117. The van der Waals surface area contributed by atoms with Gasteiger partial charge in [-0.15, -0.1) is 11.8 Å². The van der Waals surface area contributed by atoms with Gasteiger partial charge in [-0.1, -0.05) is 18.2 Å². The van der Waals surface area contributed by atoms with E-state index in [4.69, 9.17) is 0 Å². The molecule has 5 nitrogen and oxygen atoms in total. The van der Waals surface area contributed by atoms with Crippen LogP contribution in [0.15, 0.2) is 41.4 Å². The van der Waals surface area contributed by atoms with Crippen molar-refractivity contribution in [2.75, 3.05) is 30.1 Å². The van der Waals surface area contributed by atoms with Crippen molar-refractivity contribution in [2.45, 2.75) is 10.8 Å². The predicted molar refractivity (Wildman–Crippen MR) is 84.9 cm³/mol. The van der Waals surface area contributed by atoms with E-state index in [0.29, 0.717) is 11.8 Å². The van der Waals surface area contributed by atoms with Gasteiger partial charge in [0, 0.05) is 30.9 Å². The highest BCUT2D eigenvalue weighted by Gasteiger charge is 2.29. The van der Waals surface area contributed by atoms with Crippen molar-refractivity contribution < 1.29 is 4.79 Å². The van der Waals surface area contributed by atoms with E-state index in [1.807, 2.05) is 32.3 Å². The Morgan fingerprint density at radius 3 is 2.95 bits per heavy atom. The SMILES string of the molecule is CN(C)c1nccc(NC(=O)[C@H]2CSc3ccccc32)n1. The zero-order chi connectivity index (χ0) is 14.8. The number of rotatable bonds is 3. The quantitative estimate of drug-likeness (QED) is 0.943. The summed E-state index contributed by atoms with van der Waals surface area (Å²) in [5, 5.41) is 2.89. The molecule has 1 atom stereocenters. The second-order valence-electron chi connectivity index (χ2n) is 5.03. The molecule has 0 radical (unpaired) electrons. The van der Waals surface area contributed by atoms with E-state index in [1.165, 1.54) is 4.90 Å². The molecule has 0 unspecified atom stereocenters. The molecule has 3 rings (SSSR count). The van der Waals surface area contributed by atoms with Gasteiger partial charge in [0.15, 0.2) is 0 Å². The summed E-state index contributed by atoms with van der Waals surface area (Å²) in [5.41, 5.74) is 1.10. The number of hydrogen-bond acceptors (Lipinski definition) is 5. The van der Waals surface area contributed by atoms with Crippen LogP contribution < -0.4 is 10.2 Å². The number of hydrogen-bond donors (Lipinski definition) is 1. The number of thioether (sulfide) groups is 1. The maximum absolute atomic E-state index is 12.5. The number of aromatic nitrogens is 2. The summed E-state index contributed by atoms with van der Waals surface area (Å²) in [4.78, 5) is 23.9. The fourth-order valence-electron chi connectivity index (χ4n) is 2.23. The molecule has 2 aromatic rings. The van der Waals surface area contributed by atoms with Crippen molar-refractivity contribution in [1.82, 2.24) is 9.97 Å². The first kappa shape index (κ1) is 13.9. The lowest BCUT2D eigenvalue weighted by atomic mass is 10.0. The molecule has 1 aliphatic rings. The van der Waals surface area contributed by atoms with Gasteiger partial charge in [0.25, 0.3) is 0 Å². The van der Waals surface area contributed by atoms with Crippen molar-refractivity contribution in [1.29, 1.82) is 0 Å². The number of anilines is 2. The molecule has 21 heavy (non-hydrogen) atoms. The molecule has 0 bridgehead atoms. The number of amides is 1. The highest BCUT2D eigenvalue weighted by Crippen LogP contribution is 2.39. The fourth-order valence-corrected chi connectivity index (χ4v) is 3.46. The lowest BCUT2D eigenvalue weighted by Gasteiger charge is -2.13. The molecule has 0 saturated heterocycles. The number of benzene rings is 1. The van der Waals surface area contributed by atoms with Gasteiger partial charge in [-0.2, -0.15) is 4.98 Å². The zero-order valence-corrected chi connectivity index (χ0v) is 12.7. The molecule has 1 aromatic carbocycles. The van der Waals surface area contributed by atoms with Gasteiger partial charge in [0.2, 0.25) is 11.9 Å². The molecule has 1 N–H and O–H groups in total. The minimum atomic E-state index is -0.121. The number of carbonyl (C=O) groups excluding carboxylic acids is 1. The average Bonchev–Trinajstić information content (AvgIpc) is 2.91. The van der Waals surface area contributed by atoms with Gasteiger partial charge in [-0.3, -0.25) is 4.79 Å². The minimum Gasteiger partial charge on any atom is -0.347 e. The van der Waals surface area contributed by atoms with Crippen molar-refractivity contribution in [3.05, 3.63) is 42.1 Å². The van der Waals surface area contributed by atoms with E-state index in [9.17, 15) is 4.79 Å². The van der Waals surface area contributed by atoms with Crippen LogP contribution in [0.1, 0.15) is 11.5 Å². The Bertz CT molecular complexity index is 674. The Hall–Kier alpha value is -2.08. The second-order valence-corrected chi connectivity index (χ2v) is 6.09. The van der Waals surface area contributed by atoms with Crippen molar-refractivity contribution in [2.24, 2.45) is 0 Å². The summed E-state index contributed by atoms with van der Waals surface area (Å²) in [6, 6.07) is 9.76. The summed E-state index contributed by atoms with van der Waals surface area (Å²) in [5.74, 6) is 1.75. The number of nitrogens with one attached hydrogen (secondary N) is 1. The van der Waals surface area contributed by atoms with Crippen molar-refractivity contribution in [3.8, 4) is 0 Å². The third kappa shape index (κ3) is 2.85. The monoisotopic (exact) mass is 300 g/mol. The van der Waals surface area contributed by atoms with Crippen LogP contribution >= 0.6 is 11.8 Å². The standard InChI is InChI=1S/C15H16N4OS/c1-19(2)15-16-8-7-13(18-15)17-14(20)11-9-21-12-6-4-3-5-10(11)12/h3-8,11H,9H2,1-2H3,(H,16,17,18,20)/t11-/m0/s1. The maximum atomic E-state index is 12.5. The van der Waals surface area contributed by atoms with E-state index >= 15 is 0 Å². The van der Waals surface area contributed by atoms with Crippen LogP contribution in [0.25, 0.3) is 0 Å². The van der Waals surface area contributed by atoms with Crippen LogP contribution in [0.2, 0.25) is 0 Å². The molecular formula is C15H16N4OS. The van der Waals surface area contributed by atoms with Crippen LogP contribution in [0.5, 0.6) is 0 Å². The number of fused-ring (bicyclic) bond motifs is 1. The van der Waals surface area contributed by atoms with Gasteiger partial charge in [0.1, 0.15) is 5.82 Å². The Morgan fingerprint density at radius 2 is 2.14 bits per heavy atom. The number of nitrogens with zero attached hydrogens (tertiary/aromatic N) is 3. The molecule has 6 heteroatoms. The summed E-state index contributed by atoms with van der Waals surface area (Å²) in [6.45, 7) is 0. The van der Waals surface area contributed by atoms with Crippen LogP contribution in [0, 0.1) is 0 Å². The normalized spacial score (nSPS) is 16.4. The van der Waals surface area contributed by atoms with Crippen LogP contribution in [0.3, 0.4) is 0 Å². The summed E-state index contributed by atoms with van der Waals surface area (Å²) in [7, 11) is 3.73. The fraction of sp³-hybridized carbons (Fsp3) is 0.267. The lowest BCUT2D eigenvalue weighted by Crippen LogP contribution is -2.22. The van der Waals surface area contributed by atoms with E-state index in [2.05, 4.69) is 21.4 Å². The van der Waals surface area contributed by atoms with Gasteiger partial charge < -0.3 is 10.2 Å². The highest BCUT2D eigenvalue weighted by molar-refractivity contribution is 7.99. The molecular weight excluding hydrogens is 284 g/mol. The third-order valence-corrected chi connectivity index (χ3v) is 4.49. The molecule has 2 heterocycles. The third-order valence-electron chi connectivity index (χ3n) is 3.31. The van der Waals surface area contributed by atoms with E-state index in [1.54, 1.807) is 28.9 Å². The largest absolute Gasteiger partial charge is 0.347 e. The molecule has 108 valence electrons. The highest BCUT2D eigenvalue weighted by atomic mass is 32.2. The molecule has 1 aliphatic heterocycles. The maximum Gasteiger partial charge on any atom is 0.233 e. The Balaban J connectivity index is 1.77. The molecule has 0 aliphatic carbocycles. The van der Waals surface area contributed by atoms with Gasteiger partial charge in [0.05, 0.1) is 5.92 Å². The van der Waals surface area contributed by atoms with Crippen molar-refractivity contribution >= 4 is 29.4 Å². The topological polar surface area (TPSA) is 58.1 Å². The smallest absolute Gasteiger partial charge is 0.233 e. The van der Waals surface area contributed by atoms with Crippen molar-refractivity contribution in [3.63, 3.8) is 0 Å². The van der Waals surface area contributed by atoms with Gasteiger partial charge >= 0.3 is 0 Å². The molecule has 0 spiro atoms. The Labute approximate surface area is 127 Å². The Kier molecular flexibility index (Phi) is 3.79. The molecule has 0 saturated carbocycles. The average molecular weight is 300 g/mol. The van der Waals surface area contributed by atoms with Crippen LogP contribution in [-0.4, -0.2) is 35.7 Å². The van der Waals surface area contributed by atoms with Crippen LogP contribution in [0.4, 0.5) is 11.8 Å². The second kappa shape index (κ2) is 5.73. The van der Waals surface area contributed by atoms with E-state index in [-0.39, 0.29) is 11.8 Å². The first-order chi connectivity index (χ1) is 10.1.